The number of likely N-dealkylation sites (tertiary alicyclic amines) is 1. The van der Waals surface area contributed by atoms with E-state index in [1.807, 2.05) is 27.7 Å². The van der Waals surface area contributed by atoms with Crippen molar-refractivity contribution in [3.63, 3.8) is 0 Å². The third-order valence-corrected chi connectivity index (χ3v) is 20.2. The van der Waals surface area contributed by atoms with Gasteiger partial charge in [0.1, 0.15) is 72.5 Å². The van der Waals surface area contributed by atoms with E-state index in [0.29, 0.717) is 30.6 Å². The molecule has 27 nitrogen and oxygen atoms in total. The second-order valence-electron chi connectivity index (χ2n) is 30.1. The lowest BCUT2D eigenvalue weighted by molar-refractivity contribution is -0.153. The van der Waals surface area contributed by atoms with Crippen molar-refractivity contribution in [3.05, 3.63) is 71.8 Å². The quantitative estimate of drug-likeness (QED) is 0.118. The minimum atomic E-state index is -1.81. The number of hydrogen-bond acceptors (Lipinski definition) is 14. The highest BCUT2D eigenvalue weighted by atomic mass is 16.3. The van der Waals surface area contributed by atoms with Gasteiger partial charge in [0.2, 0.25) is 76.8 Å². The van der Waals surface area contributed by atoms with Gasteiger partial charge in [0.25, 0.3) is 0 Å². The van der Waals surface area contributed by atoms with Crippen molar-refractivity contribution in [2.75, 3.05) is 62.4 Å². The lowest BCUT2D eigenvalue weighted by Gasteiger charge is -2.39. The molecular formula is C76H121N13O14. The van der Waals surface area contributed by atoms with Crippen molar-refractivity contribution >= 4 is 76.8 Å². The Kier molecular flexibility index (Phi) is 33.7. The van der Waals surface area contributed by atoms with Gasteiger partial charge < -0.3 is 70.9 Å². The third kappa shape index (κ3) is 23.8. The Morgan fingerprint density at radius 2 is 1.01 bits per heavy atom. The van der Waals surface area contributed by atoms with Crippen molar-refractivity contribution in [1.82, 2.24) is 65.8 Å². The fraction of sp³-hybridized carbons (Fsp3) is 0.671. The van der Waals surface area contributed by atoms with Crippen molar-refractivity contribution in [3.8, 4) is 0 Å². The maximum absolute atomic E-state index is 15.6. The molecule has 13 amide bonds. The Hall–Kier alpha value is -8.49. The highest BCUT2D eigenvalue weighted by Crippen LogP contribution is 2.24. The van der Waals surface area contributed by atoms with E-state index in [2.05, 4.69) is 26.6 Å². The smallest absolute Gasteiger partial charge is 0.248 e. The average Bonchev–Trinajstić information content (AvgIpc) is 0.833. The van der Waals surface area contributed by atoms with Gasteiger partial charge in [0, 0.05) is 75.3 Å². The first-order valence-corrected chi connectivity index (χ1v) is 36.6. The maximum Gasteiger partial charge on any atom is 0.248 e. The Balaban J connectivity index is 1.98. The number of hydrogen-bond donors (Lipinski definition) is 6. The summed E-state index contributed by atoms with van der Waals surface area (Å²) in [6.45, 7) is 24.5. The van der Waals surface area contributed by atoms with E-state index in [9.17, 15) is 29.1 Å². The number of likely N-dealkylation sites (N-methyl/N-ethyl adjacent to an activating group) is 7. The molecule has 2 heterocycles. The van der Waals surface area contributed by atoms with Crippen molar-refractivity contribution in [2.45, 2.75) is 240 Å². The molecule has 0 unspecified atom stereocenters. The molecule has 6 N–H and O–H groups in total. The zero-order valence-electron chi connectivity index (χ0n) is 65.0. The number of aliphatic hydroxyl groups excluding tert-OH is 1. The number of nitrogens with zero attached hydrogens (tertiary/aromatic N) is 8. The highest BCUT2D eigenvalue weighted by molar-refractivity contribution is 6.01. The van der Waals surface area contributed by atoms with Crippen LogP contribution >= 0.6 is 0 Å². The lowest BCUT2D eigenvalue weighted by Crippen LogP contribution is -2.63. The fourth-order valence-electron chi connectivity index (χ4n) is 13.2. The van der Waals surface area contributed by atoms with Gasteiger partial charge in [-0.1, -0.05) is 136 Å². The number of amides is 13. The van der Waals surface area contributed by atoms with Crippen LogP contribution in [0.25, 0.3) is 0 Å². The first-order valence-electron chi connectivity index (χ1n) is 36.6. The molecule has 0 aliphatic carbocycles. The van der Waals surface area contributed by atoms with Gasteiger partial charge in [-0.3, -0.25) is 62.3 Å². The second-order valence-corrected chi connectivity index (χ2v) is 30.1. The van der Waals surface area contributed by atoms with Gasteiger partial charge in [0.15, 0.2) is 0 Å². The van der Waals surface area contributed by atoms with Gasteiger partial charge in [-0.25, -0.2) is 0 Å². The fourth-order valence-corrected chi connectivity index (χ4v) is 13.2. The minimum absolute atomic E-state index is 0.0237. The summed E-state index contributed by atoms with van der Waals surface area (Å²) in [6.07, 6.45) is 0.432. The van der Waals surface area contributed by atoms with Crippen LogP contribution < -0.4 is 26.6 Å². The van der Waals surface area contributed by atoms with E-state index in [1.54, 1.807) is 114 Å². The molecular weight excluding hydrogens is 1320 g/mol. The highest BCUT2D eigenvalue weighted by Gasteiger charge is 2.45. The first-order chi connectivity index (χ1) is 48.2. The van der Waals surface area contributed by atoms with Gasteiger partial charge in [-0.2, -0.15) is 0 Å². The summed E-state index contributed by atoms with van der Waals surface area (Å²) in [4.78, 5) is 204. The van der Waals surface area contributed by atoms with E-state index in [0.717, 1.165) is 38.9 Å². The molecule has 0 spiro atoms. The monoisotopic (exact) mass is 1440 g/mol. The Labute approximate surface area is 611 Å². The summed E-state index contributed by atoms with van der Waals surface area (Å²) < 4.78 is 0. The molecule has 0 aromatic heterocycles. The van der Waals surface area contributed by atoms with E-state index in [-0.39, 0.29) is 55.8 Å². The number of benzene rings is 2. The predicted molar refractivity (Wildman–Crippen MR) is 392 cm³/mol. The van der Waals surface area contributed by atoms with Gasteiger partial charge >= 0.3 is 0 Å². The van der Waals surface area contributed by atoms with Crippen LogP contribution in [0.3, 0.4) is 0 Å². The number of carbonyl (C=O) groups is 13. The molecule has 2 aliphatic heterocycles. The van der Waals surface area contributed by atoms with E-state index < -0.39 is 168 Å². The Bertz CT molecular complexity index is 3240. The number of piperidine rings is 1. The summed E-state index contributed by atoms with van der Waals surface area (Å²) in [6, 6.07) is 1.09. The Morgan fingerprint density at radius 1 is 0.534 bits per heavy atom. The maximum atomic E-state index is 15.6. The normalized spacial score (nSPS) is 25.1. The van der Waals surface area contributed by atoms with Crippen molar-refractivity contribution < 1.29 is 67.4 Å². The zero-order chi connectivity index (χ0) is 77.8. The summed E-state index contributed by atoms with van der Waals surface area (Å²) in [5, 5.41) is 25.3. The van der Waals surface area contributed by atoms with Crippen LogP contribution in [0.1, 0.15) is 159 Å². The molecule has 0 radical (unpaired) electrons. The molecule has 14 atom stereocenters. The van der Waals surface area contributed by atoms with E-state index >= 15 is 38.4 Å². The van der Waals surface area contributed by atoms with Crippen molar-refractivity contribution in [2.24, 2.45) is 29.6 Å². The van der Waals surface area contributed by atoms with Crippen LogP contribution in [0.4, 0.5) is 0 Å². The third-order valence-electron chi connectivity index (χ3n) is 20.2. The first kappa shape index (κ1) is 86.9. The summed E-state index contributed by atoms with van der Waals surface area (Å²) in [5.41, 5.74) is 1.26. The Morgan fingerprint density at radius 3 is 1.51 bits per heavy atom. The molecule has 2 aliphatic rings. The largest absolute Gasteiger partial charge is 0.391 e. The molecule has 2 saturated heterocycles. The standard InChI is InChI=1S/C76H121N13O14/c1-22-48(10)62-75(102)86(19)57(38-44(2)3)67(94)78-56(73(100)85(18)59(42-54-34-28-24-29-35-54)66(93)77-49(11)70(97)89-36-30-25-31-37-89)43-61(91)82(15)51(13)71(98)87(20)60(40-46(6)7)74(101)88(21)64(47(8)9)69(96)79-55(41-53-32-26-23-27-33-53)72(99)84(17)58(39-45(4)5)68(95)81-63(52(14)90)76(103)83(16)50(12)65(92)80-62/h23-24,26-29,32-35,44-52,55-60,62-64,90H,22,25,30-31,36-43H2,1-21H3,(H,77,93)(H,78,94)(H,79,96)(H,80,92)(H,81,95)/t48-,49-,50-,51-,52+,55-,56-,57-,58-,59-,60-,62-,63-,64-/m0/s1. The SMILES string of the molecule is CC[C@H](C)[C@@H]1NC(=O)[C@H](C)N(C)C(=O)[C@H]([C@@H](C)O)NC(=O)[C@H](CC(C)C)N(C)C(=O)[C@H](Cc2ccccc2)NC(=O)[C@H](C(C)C)N(C)C(=O)[C@H](CC(C)C)N(C)C(=O)[C@H](C)N(C)C(=O)C[C@@H](C(=O)N(C)[C@@H](Cc2ccccc2)C(=O)N[C@@H](C)C(=O)N2CCCCC2)NC(=O)[C@H](CC(C)C)N(C)C1=O. The van der Waals surface area contributed by atoms with Gasteiger partial charge in [0.05, 0.1) is 12.5 Å². The minimum Gasteiger partial charge on any atom is -0.391 e. The van der Waals surface area contributed by atoms with Crippen LogP contribution in [0.15, 0.2) is 60.7 Å². The van der Waals surface area contributed by atoms with Crippen LogP contribution in [-0.4, -0.2) is 262 Å². The van der Waals surface area contributed by atoms with Crippen LogP contribution in [0.2, 0.25) is 0 Å². The topological polar surface area (TPSA) is 328 Å². The molecule has 574 valence electrons. The number of rotatable bonds is 19. The van der Waals surface area contributed by atoms with E-state index in [4.69, 9.17) is 0 Å². The lowest BCUT2D eigenvalue weighted by atomic mass is 9.95. The predicted octanol–water partition coefficient (Wildman–Crippen LogP) is 3.38. The summed E-state index contributed by atoms with van der Waals surface area (Å²) in [5.74, 6) is -11.8. The molecule has 0 saturated carbocycles. The van der Waals surface area contributed by atoms with Gasteiger partial charge in [-0.15, -0.1) is 0 Å². The number of nitrogens with one attached hydrogen (secondary N) is 5. The molecule has 2 aromatic rings. The van der Waals surface area contributed by atoms with Crippen molar-refractivity contribution in [1.29, 1.82) is 0 Å². The summed E-state index contributed by atoms with van der Waals surface area (Å²) >= 11 is 0. The zero-order valence-corrected chi connectivity index (χ0v) is 65.0. The number of aliphatic hydroxyl groups is 1. The average molecular weight is 1440 g/mol. The van der Waals surface area contributed by atoms with Crippen LogP contribution in [0.5, 0.6) is 0 Å². The molecule has 2 aromatic carbocycles. The number of carbonyl (C=O) groups excluding carboxylic acids is 13. The molecule has 27 heteroatoms. The second kappa shape index (κ2) is 40.0. The molecule has 103 heavy (non-hydrogen) atoms. The van der Waals surface area contributed by atoms with Crippen LogP contribution in [-0.2, 0) is 75.2 Å². The van der Waals surface area contributed by atoms with Crippen LogP contribution in [0, 0.1) is 29.6 Å². The molecule has 4 rings (SSSR count). The van der Waals surface area contributed by atoms with Gasteiger partial charge in [-0.05, 0) is 107 Å². The summed E-state index contributed by atoms with van der Waals surface area (Å²) in [7, 11) is 9.53. The molecule has 2 fully saturated rings. The van der Waals surface area contributed by atoms with E-state index in [1.165, 1.54) is 84.8 Å². The molecule has 0 bridgehead atoms.